The lowest BCUT2D eigenvalue weighted by Gasteiger charge is -2.26. The summed E-state index contributed by atoms with van der Waals surface area (Å²) in [6, 6.07) is 7.99. The predicted octanol–water partition coefficient (Wildman–Crippen LogP) is 3.46. The van der Waals surface area contributed by atoms with Gasteiger partial charge in [0.25, 0.3) is 0 Å². The molecule has 2 N–H and O–H groups in total. The Labute approximate surface area is 107 Å². The molecule has 1 heterocycles. The van der Waals surface area contributed by atoms with Crippen molar-refractivity contribution in [2.75, 3.05) is 0 Å². The van der Waals surface area contributed by atoms with E-state index in [1.165, 1.54) is 0 Å². The number of aliphatic carboxylic acids is 1. The van der Waals surface area contributed by atoms with Crippen LogP contribution in [0.2, 0.25) is 0 Å². The maximum absolute atomic E-state index is 11.4. The summed E-state index contributed by atoms with van der Waals surface area (Å²) in [7, 11) is 0. The monoisotopic (exact) mass is 245 g/mol. The average molecular weight is 245 g/mol. The van der Waals surface area contributed by atoms with Gasteiger partial charge in [-0.15, -0.1) is 0 Å². The van der Waals surface area contributed by atoms with Gasteiger partial charge in [-0.25, -0.2) is 0 Å². The van der Waals surface area contributed by atoms with Crippen LogP contribution in [0.4, 0.5) is 0 Å². The molecule has 0 bridgehead atoms. The van der Waals surface area contributed by atoms with Crippen molar-refractivity contribution in [3.05, 3.63) is 36.0 Å². The fourth-order valence-corrected chi connectivity index (χ4v) is 2.28. The summed E-state index contributed by atoms with van der Waals surface area (Å²) in [6.45, 7) is 5.92. The van der Waals surface area contributed by atoms with E-state index in [9.17, 15) is 9.90 Å². The Bertz CT molecular complexity index is 563. The largest absolute Gasteiger partial charge is 0.481 e. The maximum atomic E-state index is 11.4. The summed E-state index contributed by atoms with van der Waals surface area (Å²) < 4.78 is 0. The fourth-order valence-electron chi connectivity index (χ4n) is 2.28. The molecule has 0 radical (unpaired) electrons. The number of fused-ring (bicyclic) bond motifs is 1. The van der Waals surface area contributed by atoms with Crippen LogP contribution >= 0.6 is 0 Å². The van der Waals surface area contributed by atoms with Gasteiger partial charge in [-0.05, 0) is 23.5 Å². The van der Waals surface area contributed by atoms with Gasteiger partial charge in [0.2, 0.25) is 0 Å². The zero-order valence-corrected chi connectivity index (χ0v) is 11.0. The van der Waals surface area contributed by atoms with Crippen LogP contribution in [0, 0.1) is 11.3 Å². The summed E-state index contributed by atoms with van der Waals surface area (Å²) >= 11 is 0. The van der Waals surface area contributed by atoms with Crippen molar-refractivity contribution < 1.29 is 9.90 Å². The third-order valence-electron chi connectivity index (χ3n) is 3.44. The number of carboxylic acid groups (broad SMARTS) is 1. The van der Waals surface area contributed by atoms with Crippen LogP contribution in [0.5, 0.6) is 0 Å². The summed E-state index contributed by atoms with van der Waals surface area (Å²) in [5.41, 5.74) is 1.89. The van der Waals surface area contributed by atoms with E-state index in [0.29, 0.717) is 6.42 Å². The lowest BCUT2D eigenvalue weighted by Crippen LogP contribution is -2.30. The number of para-hydroxylation sites is 1. The van der Waals surface area contributed by atoms with Gasteiger partial charge in [-0.1, -0.05) is 39.0 Å². The molecule has 0 spiro atoms. The zero-order chi connectivity index (χ0) is 13.3. The number of rotatable bonds is 3. The van der Waals surface area contributed by atoms with E-state index in [4.69, 9.17) is 0 Å². The Morgan fingerprint density at radius 2 is 2.00 bits per heavy atom. The minimum absolute atomic E-state index is 0.246. The Balaban J connectivity index is 2.35. The summed E-state index contributed by atoms with van der Waals surface area (Å²) in [4.78, 5) is 14.6. The molecule has 2 rings (SSSR count). The Kier molecular flexibility index (Phi) is 3.16. The van der Waals surface area contributed by atoms with Crippen LogP contribution in [0.3, 0.4) is 0 Å². The SMILES string of the molecule is CC(C)(C)C(Cc1c[nH]c2ccccc12)C(=O)O. The smallest absolute Gasteiger partial charge is 0.307 e. The van der Waals surface area contributed by atoms with Crippen LogP contribution in [0.1, 0.15) is 26.3 Å². The standard InChI is InChI=1S/C15H19NO2/c1-15(2,3)12(14(17)18)8-10-9-16-13-7-5-4-6-11(10)13/h4-7,9,12,16H,8H2,1-3H3,(H,17,18). The molecule has 2 aromatic rings. The van der Waals surface area contributed by atoms with Crippen LogP contribution in [-0.4, -0.2) is 16.1 Å². The number of carboxylic acids is 1. The van der Waals surface area contributed by atoms with Crippen LogP contribution in [0.25, 0.3) is 10.9 Å². The molecule has 0 fully saturated rings. The minimum atomic E-state index is -0.729. The highest BCUT2D eigenvalue weighted by Gasteiger charge is 2.31. The fraction of sp³-hybridized carbons (Fsp3) is 0.400. The first-order valence-electron chi connectivity index (χ1n) is 6.17. The Hall–Kier alpha value is -1.77. The van der Waals surface area contributed by atoms with Gasteiger partial charge in [0.05, 0.1) is 5.92 Å². The van der Waals surface area contributed by atoms with Crippen molar-refractivity contribution in [1.82, 2.24) is 4.98 Å². The van der Waals surface area contributed by atoms with Crippen LogP contribution < -0.4 is 0 Å². The van der Waals surface area contributed by atoms with Gasteiger partial charge >= 0.3 is 5.97 Å². The molecule has 0 saturated heterocycles. The molecule has 0 saturated carbocycles. The maximum Gasteiger partial charge on any atom is 0.307 e. The average Bonchev–Trinajstić information content (AvgIpc) is 2.67. The Morgan fingerprint density at radius 3 is 2.61 bits per heavy atom. The number of nitrogens with one attached hydrogen (secondary N) is 1. The number of hydrogen-bond acceptors (Lipinski definition) is 1. The topological polar surface area (TPSA) is 53.1 Å². The number of H-pyrrole nitrogens is 1. The Morgan fingerprint density at radius 1 is 1.33 bits per heavy atom. The molecule has 1 aromatic heterocycles. The molecule has 0 aliphatic carbocycles. The van der Waals surface area contributed by atoms with Gasteiger partial charge in [-0.3, -0.25) is 4.79 Å². The first-order valence-corrected chi connectivity index (χ1v) is 6.17. The molecule has 0 aliphatic heterocycles. The number of aromatic nitrogens is 1. The number of hydrogen-bond donors (Lipinski definition) is 2. The molecule has 1 unspecified atom stereocenters. The lowest BCUT2D eigenvalue weighted by atomic mass is 9.77. The van der Waals surface area contributed by atoms with E-state index >= 15 is 0 Å². The van der Waals surface area contributed by atoms with Gasteiger partial charge in [0, 0.05) is 17.1 Å². The second kappa shape index (κ2) is 4.48. The number of carbonyl (C=O) groups is 1. The van der Waals surface area contributed by atoms with Gasteiger partial charge in [0.15, 0.2) is 0 Å². The molecule has 1 aromatic carbocycles. The molecular weight excluding hydrogens is 226 g/mol. The minimum Gasteiger partial charge on any atom is -0.481 e. The van der Waals surface area contributed by atoms with Crippen molar-refractivity contribution in [2.24, 2.45) is 11.3 Å². The van der Waals surface area contributed by atoms with Crippen molar-refractivity contribution >= 4 is 16.9 Å². The first-order chi connectivity index (χ1) is 8.39. The highest BCUT2D eigenvalue weighted by molar-refractivity contribution is 5.84. The van der Waals surface area contributed by atoms with Crippen molar-refractivity contribution in [3.8, 4) is 0 Å². The predicted molar refractivity (Wildman–Crippen MR) is 72.6 cm³/mol. The van der Waals surface area contributed by atoms with Crippen molar-refractivity contribution in [3.63, 3.8) is 0 Å². The van der Waals surface area contributed by atoms with Crippen LogP contribution in [0.15, 0.2) is 30.5 Å². The van der Waals surface area contributed by atoms with E-state index in [1.54, 1.807) is 0 Å². The highest BCUT2D eigenvalue weighted by Crippen LogP contribution is 2.31. The quantitative estimate of drug-likeness (QED) is 0.870. The van der Waals surface area contributed by atoms with Gasteiger partial charge < -0.3 is 10.1 Å². The summed E-state index contributed by atoms with van der Waals surface area (Å²) in [5, 5.41) is 10.5. The van der Waals surface area contributed by atoms with Gasteiger partial charge in [0.1, 0.15) is 0 Å². The lowest BCUT2D eigenvalue weighted by molar-refractivity contribution is -0.145. The second-order valence-corrected chi connectivity index (χ2v) is 5.82. The van der Waals surface area contributed by atoms with Gasteiger partial charge in [-0.2, -0.15) is 0 Å². The van der Waals surface area contributed by atoms with E-state index in [0.717, 1.165) is 16.5 Å². The zero-order valence-electron chi connectivity index (χ0n) is 11.0. The summed E-state index contributed by atoms with van der Waals surface area (Å²) in [5.74, 6) is -1.11. The molecule has 0 amide bonds. The molecule has 96 valence electrons. The molecule has 18 heavy (non-hydrogen) atoms. The second-order valence-electron chi connectivity index (χ2n) is 5.82. The van der Waals surface area contributed by atoms with E-state index in [1.807, 2.05) is 51.2 Å². The normalized spacial score (nSPS) is 13.7. The van der Waals surface area contributed by atoms with Crippen LogP contribution in [-0.2, 0) is 11.2 Å². The molecule has 3 heteroatoms. The summed E-state index contributed by atoms with van der Waals surface area (Å²) in [6.07, 6.45) is 2.48. The van der Waals surface area contributed by atoms with E-state index in [-0.39, 0.29) is 11.3 Å². The third kappa shape index (κ3) is 2.40. The third-order valence-corrected chi connectivity index (χ3v) is 3.44. The molecule has 3 nitrogen and oxygen atoms in total. The highest BCUT2D eigenvalue weighted by atomic mass is 16.4. The van der Waals surface area contributed by atoms with Crippen molar-refractivity contribution in [2.45, 2.75) is 27.2 Å². The molecular formula is C15H19NO2. The van der Waals surface area contributed by atoms with E-state index < -0.39 is 5.97 Å². The first kappa shape index (κ1) is 12.7. The van der Waals surface area contributed by atoms with E-state index in [2.05, 4.69) is 4.98 Å². The molecule has 0 aliphatic rings. The number of benzene rings is 1. The molecule has 1 atom stereocenters. The van der Waals surface area contributed by atoms with Crippen molar-refractivity contribution in [1.29, 1.82) is 0 Å². The number of aromatic amines is 1.